The zero-order chi connectivity index (χ0) is 10.8. The Kier molecular flexibility index (Phi) is 3.74. The van der Waals surface area contributed by atoms with E-state index in [-0.39, 0.29) is 19.2 Å². The van der Waals surface area contributed by atoms with Crippen molar-refractivity contribution in [3.63, 3.8) is 0 Å². The summed E-state index contributed by atoms with van der Waals surface area (Å²) in [5, 5.41) is 8.67. The van der Waals surface area contributed by atoms with Crippen LogP contribution in [0.1, 0.15) is 12.8 Å². The fraction of sp³-hybridized carbons (Fsp3) is 1.00. The first-order valence-electron chi connectivity index (χ1n) is 4.64. The van der Waals surface area contributed by atoms with Crippen molar-refractivity contribution in [2.75, 3.05) is 19.7 Å². The quantitative estimate of drug-likeness (QED) is 0.690. The minimum Gasteiger partial charge on any atom is -0.395 e. The number of alkyl halides is 3. The predicted molar refractivity (Wildman–Crippen MR) is 45.7 cm³/mol. The highest BCUT2D eigenvalue weighted by molar-refractivity contribution is 4.91. The molecule has 0 aromatic rings. The number of nitrogens with zero attached hydrogens (tertiary/aromatic N) is 1. The number of aliphatic hydroxyl groups is 1. The summed E-state index contributed by atoms with van der Waals surface area (Å²) in [4.78, 5) is 1.26. The van der Waals surface area contributed by atoms with Crippen LogP contribution in [0.4, 0.5) is 13.2 Å². The Balaban J connectivity index is 2.62. The molecule has 14 heavy (non-hydrogen) atoms. The summed E-state index contributed by atoms with van der Waals surface area (Å²) in [6.45, 7) is -0.658. The fourth-order valence-electron chi connectivity index (χ4n) is 1.57. The van der Waals surface area contributed by atoms with Gasteiger partial charge in [0.05, 0.1) is 6.61 Å². The van der Waals surface area contributed by atoms with Gasteiger partial charge in [0.1, 0.15) is 6.04 Å². The van der Waals surface area contributed by atoms with Crippen LogP contribution in [0, 0.1) is 0 Å². The van der Waals surface area contributed by atoms with Crippen LogP contribution in [0.15, 0.2) is 0 Å². The topological polar surface area (TPSA) is 49.5 Å². The van der Waals surface area contributed by atoms with Gasteiger partial charge in [-0.2, -0.15) is 13.2 Å². The smallest absolute Gasteiger partial charge is 0.395 e. The number of hydrogen-bond donors (Lipinski definition) is 2. The lowest BCUT2D eigenvalue weighted by molar-refractivity contribution is -0.183. The van der Waals surface area contributed by atoms with Crippen LogP contribution >= 0.6 is 0 Å². The van der Waals surface area contributed by atoms with Crippen LogP contribution in [-0.4, -0.2) is 48.0 Å². The van der Waals surface area contributed by atoms with E-state index in [1.807, 2.05) is 0 Å². The highest BCUT2D eigenvalue weighted by Crippen LogP contribution is 2.33. The molecule has 1 unspecified atom stereocenters. The second kappa shape index (κ2) is 4.46. The molecule has 0 amide bonds. The normalized spacial score (nSPS) is 20.1. The third-order valence-corrected chi connectivity index (χ3v) is 2.38. The van der Waals surface area contributed by atoms with Gasteiger partial charge >= 0.3 is 6.18 Å². The maximum atomic E-state index is 12.5. The standard InChI is InChI=1S/C8H15F3N2O/c9-8(10,11)7(5-12)13(3-4-14)6-1-2-6/h6-7,14H,1-5,12H2. The first-order valence-corrected chi connectivity index (χ1v) is 4.64. The van der Waals surface area contributed by atoms with Crippen molar-refractivity contribution in [3.8, 4) is 0 Å². The lowest BCUT2D eigenvalue weighted by Crippen LogP contribution is -2.52. The average molecular weight is 212 g/mol. The summed E-state index contributed by atoms with van der Waals surface area (Å²) in [5.41, 5.74) is 5.11. The van der Waals surface area contributed by atoms with Crippen LogP contribution in [-0.2, 0) is 0 Å². The molecule has 1 rings (SSSR count). The van der Waals surface area contributed by atoms with Crippen molar-refractivity contribution in [1.82, 2.24) is 4.90 Å². The van der Waals surface area contributed by atoms with Crippen LogP contribution in [0.5, 0.6) is 0 Å². The molecule has 0 heterocycles. The minimum absolute atomic E-state index is 0.0441. The molecule has 0 radical (unpaired) electrons. The van der Waals surface area contributed by atoms with Crippen LogP contribution in [0.3, 0.4) is 0 Å². The Morgan fingerprint density at radius 2 is 2.00 bits per heavy atom. The Hall–Kier alpha value is -0.330. The Labute approximate surface area is 80.7 Å². The van der Waals surface area contributed by atoms with Gasteiger partial charge in [0, 0.05) is 19.1 Å². The SMILES string of the molecule is NCC(N(CCO)C1CC1)C(F)(F)F. The molecule has 3 nitrogen and oxygen atoms in total. The summed E-state index contributed by atoms with van der Waals surface area (Å²) >= 11 is 0. The van der Waals surface area contributed by atoms with Gasteiger partial charge < -0.3 is 10.8 Å². The van der Waals surface area contributed by atoms with Crippen molar-refractivity contribution in [1.29, 1.82) is 0 Å². The summed E-state index contributed by atoms with van der Waals surface area (Å²) in [7, 11) is 0. The third kappa shape index (κ3) is 2.83. The Morgan fingerprint density at radius 1 is 1.43 bits per heavy atom. The van der Waals surface area contributed by atoms with Gasteiger partial charge in [-0.1, -0.05) is 0 Å². The number of hydrogen-bond acceptors (Lipinski definition) is 3. The molecular formula is C8H15F3N2O. The highest BCUT2D eigenvalue weighted by atomic mass is 19.4. The predicted octanol–water partition coefficient (Wildman–Crippen LogP) is 0.333. The van der Waals surface area contributed by atoms with Gasteiger partial charge in [-0.15, -0.1) is 0 Å². The second-order valence-electron chi connectivity index (χ2n) is 3.49. The zero-order valence-corrected chi connectivity index (χ0v) is 7.80. The van der Waals surface area contributed by atoms with Crippen molar-refractivity contribution >= 4 is 0 Å². The molecule has 0 spiro atoms. The number of aliphatic hydroxyl groups excluding tert-OH is 1. The van der Waals surface area contributed by atoms with Crippen LogP contribution < -0.4 is 5.73 Å². The van der Waals surface area contributed by atoms with E-state index >= 15 is 0 Å². The van der Waals surface area contributed by atoms with E-state index in [1.165, 1.54) is 4.90 Å². The second-order valence-corrected chi connectivity index (χ2v) is 3.49. The van der Waals surface area contributed by atoms with Gasteiger partial charge in [0.2, 0.25) is 0 Å². The molecule has 1 atom stereocenters. The minimum atomic E-state index is -4.30. The van der Waals surface area contributed by atoms with Crippen LogP contribution in [0.2, 0.25) is 0 Å². The summed E-state index contributed by atoms with van der Waals surface area (Å²) in [5.74, 6) is 0. The number of halogens is 3. The van der Waals surface area contributed by atoms with E-state index < -0.39 is 18.8 Å². The molecule has 6 heteroatoms. The van der Waals surface area contributed by atoms with Gasteiger partial charge in [-0.3, -0.25) is 4.90 Å². The van der Waals surface area contributed by atoms with Crippen molar-refractivity contribution in [2.24, 2.45) is 5.73 Å². The van der Waals surface area contributed by atoms with E-state index in [4.69, 9.17) is 10.8 Å². The molecule has 0 aromatic heterocycles. The molecule has 0 aromatic carbocycles. The number of nitrogens with two attached hydrogens (primary N) is 1. The summed E-state index contributed by atoms with van der Waals surface area (Å²) in [6.07, 6.45) is -2.76. The Bertz CT molecular complexity index is 182. The lowest BCUT2D eigenvalue weighted by atomic mass is 10.2. The molecule has 0 aliphatic heterocycles. The van der Waals surface area contributed by atoms with Gasteiger partial charge in [0.25, 0.3) is 0 Å². The largest absolute Gasteiger partial charge is 0.405 e. The highest BCUT2D eigenvalue weighted by Gasteiger charge is 2.46. The zero-order valence-electron chi connectivity index (χ0n) is 7.80. The van der Waals surface area contributed by atoms with Crippen molar-refractivity contribution < 1.29 is 18.3 Å². The lowest BCUT2D eigenvalue weighted by Gasteiger charge is -2.31. The van der Waals surface area contributed by atoms with E-state index in [0.717, 1.165) is 12.8 Å². The first-order chi connectivity index (χ1) is 6.50. The number of rotatable bonds is 5. The maximum absolute atomic E-state index is 12.5. The molecule has 1 fully saturated rings. The average Bonchev–Trinajstić information content (AvgIpc) is 2.84. The summed E-state index contributed by atoms with van der Waals surface area (Å²) in [6, 6.07) is -1.65. The monoisotopic (exact) mass is 212 g/mol. The van der Waals surface area contributed by atoms with Crippen LogP contribution in [0.25, 0.3) is 0 Å². The molecule has 84 valence electrons. The maximum Gasteiger partial charge on any atom is 0.405 e. The van der Waals surface area contributed by atoms with Crippen molar-refractivity contribution in [2.45, 2.75) is 31.1 Å². The van der Waals surface area contributed by atoms with Crippen molar-refractivity contribution in [3.05, 3.63) is 0 Å². The van der Waals surface area contributed by atoms with E-state index in [9.17, 15) is 13.2 Å². The third-order valence-electron chi connectivity index (χ3n) is 2.38. The molecule has 1 saturated carbocycles. The van der Waals surface area contributed by atoms with Gasteiger partial charge in [0.15, 0.2) is 0 Å². The van der Waals surface area contributed by atoms with Gasteiger partial charge in [-0.05, 0) is 12.8 Å². The fourth-order valence-corrected chi connectivity index (χ4v) is 1.57. The molecular weight excluding hydrogens is 197 g/mol. The molecule has 0 bridgehead atoms. The molecule has 1 aliphatic rings. The summed E-state index contributed by atoms with van der Waals surface area (Å²) < 4.78 is 37.4. The van der Waals surface area contributed by atoms with E-state index in [2.05, 4.69) is 0 Å². The molecule has 1 aliphatic carbocycles. The molecule has 0 saturated heterocycles. The van der Waals surface area contributed by atoms with E-state index in [1.54, 1.807) is 0 Å². The Morgan fingerprint density at radius 3 is 2.29 bits per heavy atom. The first kappa shape index (κ1) is 11.7. The molecule has 3 N–H and O–H groups in total. The van der Waals surface area contributed by atoms with E-state index in [0.29, 0.717) is 0 Å². The van der Waals surface area contributed by atoms with Gasteiger partial charge in [-0.25, -0.2) is 0 Å².